The van der Waals surface area contributed by atoms with Crippen molar-refractivity contribution in [2.24, 2.45) is 5.92 Å². The summed E-state index contributed by atoms with van der Waals surface area (Å²) in [6.07, 6.45) is 1.91. The Kier molecular flexibility index (Phi) is 5.89. The highest BCUT2D eigenvalue weighted by atomic mass is 16.6. The van der Waals surface area contributed by atoms with Crippen molar-refractivity contribution in [1.82, 2.24) is 9.88 Å². The molecule has 0 saturated heterocycles. The average Bonchev–Trinajstić information content (AvgIpc) is 2.87. The summed E-state index contributed by atoms with van der Waals surface area (Å²) in [5.74, 6) is -1.51. The standard InChI is InChI=1S/C13H19N3O5/c1-3-9(5-12(17)18)7-14-13(19)11-6-10(16(20)21)8-15(11)4-2/h6,8-9H,3-5,7H2,1-2H3,(H,14,19)(H,17,18). The third kappa shape index (κ3) is 4.59. The molecule has 1 amide bonds. The minimum Gasteiger partial charge on any atom is -0.481 e. The van der Waals surface area contributed by atoms with Crippen LogP contribution in [-0.2, 0) is 11.3 Å². The largest absolute Gasteiger partial charge is 0.481 e. The van der Waals surface area contributed by atoms with Crippen LogP contribution in [0.4, 0.5) is 5.69 Å². The lowest BCUT2D eigenvalue weighted by molar-refractivity contribution is -0.384. The summed E-state index contributed by atoms with van der Waals surface area (Å²) in [7, 11) is 0. The maximum absolute atomic E-state index is 12.1. The zero-order valence-corrected chi connectivity index (χ0v) is 12.0. The van der Waals surface area contributed by atoms with Crippen LogP contribution in [0.1, 0.15) is 37.2 Å². The highest BCUT2D eigenvalue weighted by Crippen LogP contribution is 2.16. The van der Waals surface area contributed by atoms with Gasteiger partial charge in [-0.3, -0.25) is 19.7 Å². The van der Waals surface area contributed by atoms with Gasteiger partial charge in [-0.05, 0) is 12.8 Å². The fourth-order valence-corrected chi connectivity index (χ4v) is 1.98. The lowest BCUT2D eigenvalue weighted by Crippen LogP contribution is -2.31. The maximum Gasteiger partial charge on any atom is 0.303 e. The molecule has 0 bridgehead atoms. The number of hydrogen-bond acceptors (Lipinski definition) is 4. The summed E-state index contributed by atoms with van der Waals surface area (Å²) in [6.45, 7) is 4.28. The van der Waals surface area contributed by atoms with Crippen LogP contribution in [0.15, 0.2) is 12.3 Å². The molecule has 1 rings (SSSR count). The second kappa shape index (κ2) is 7.41. The van der Waals surface area contributed by atoms with E-state index in [9.17, 15) is 19.7 Å². The molecular weight excluding hydrogens is 278 g/mol. The molecule has 8 nitrogen and oxygen atoms in total. The number of aliphatic carboxylic acids is 1. The number of carbonyl (C=O) groups excluding carboxylic acids is 1. The minimum atomic E-state index is -0.913. The first-order chi connectivity index (χ1) is 9.88. The van der Waals surface area contributed by atoms with Crippen molar-refractivity contribution >= 4 is 17.6 Å². The van der Waals surface area contributed by atoms with Crippen LogP contribution in [0, 0.1) is 16.0 Å². The number of aryl methyl sites for hydroxylation is 1. The summed E-state index contributed by atoms with van der Waals surface area (Å²) >= 11 is 0. The topological polar surface area (TPSA) is 114 Å². The summed E-state index contributed by atoms with van der Waals surface area (Å²) in [6, 6.07) is 1.22. The fraction of sp³-hybridized carbons (Fsp3) is 0.538. The smallest absolute Gasteiger partial charge is 0.303 e. The van der Waals surface area contributed by atoms with Gasteiger partial charge in [-0.2, -0.15) is 0 Å². The van der Waals surface area contributed by atoms with Crippen molar-refractivity contribution in [1.29, 1.82) is 0 Å². The van der Waals surface area contributed by atoms with Gasteiger partial charge in [0.05, 0.1) is 11.1 Å². The van der Waals surface area contributed by atoms with Crippen LogP contribution in [-0.4, -0.2) is 33.0 Å². The normalized spacial score (nSPS) is 11.9. The zero-order valence-electron chi connectivity index (χ0n) is 12.0. The number of aromatic nitrogens is 1. The monoisotopic (exact) mass is 297 g/mol. The van der Waals surface area contributed by atoms with E-state index in [-0.39, 0.29) is 30.3 Å². The molecule has 1 aromatic rings. The average molecular weight is 297 g/mol. The number of carboxylic acids is 1. The summed E-state index contributed by atoms with van der Waals surface area (Å²) in [5.41, 5.74) is 0.0638. The van der Waals surface area contributed by atoms with E-state index in [2.05, 4.69) is 5.32 Å². The first-order valence-corrected chi connectivity index (χ1v) is 6.73. The van der Waals surface area contributed by atoms with Gasteiger partial charge in [0.25, 0.3) is 11.6 Å². The second-order valence-electron chi connectivity index (χ2n) is 4.71. The Balaban J connectivity index is 2.75. The first kappa shape index (κ1) is 16.7. The molecule has 2 N–H and O–H groups in total. The molecule has 0 spiro atoms. The predicted octanol–water partition coefficient (Wildman–Crippen LogP) is 1.65. The molecule has 0 aromatic carbocycles. The summed E-state index contributed by atoms with van der Waals surface area (Å²) < 4.78 is 1.49. The van der Waals surface area contributed by atoms with Gasteiger partial charge in [0.15, 0.2) is 0 Å². The number of nitrogens with one attached hydrogen (secondary N) is 1. The van der Waals surface area contributed by atoms with E-state index in [4.69, 9.17) is 5.11 Å². The lowest BCUT2D eigenvalue weighted by atomic mass is 10.0. The predicted molar refractivity (Wildman–Crippen MR) is 75.1 cm³/mol. The lowest BCUT2D eigenvalue weighted by Gasteiger charge is -2.13. The number of hydrogen-bond donors (Lipinski definition) is 2. The molecule has 116 valence electrons. The Morgan fingerprint density at radius 2 is 2.14 bits per heavy atom. The molecule has 0 aliphatic heterocycles. The molecule has 0 aliphatic carbocycles. The van der Waals surface area contributed by atoms with E-state index in [1.807, 2.05) is 6.92 Å². The number of nitro groups is 1. The van der Waals surface area contributed by atoms with Gasteiger partial charge < -0.3 is 15.0 Å². The van der Waals surface area contributed by atoms with E-state index in [1.54, 1.807) is 6.92 Å². The van der Waals surface area contributed by atoms with Crippen molar-refractivity contribution < 1.29 is 19.6 Å². The van der Waals surface area contributed by atoms with Gasteiger partial charge in [0, 0.05) is 25.6 Å². The molecular formula is C13H19N3O5. The molecule has 0 saturated carbocycles. The van der Waals surface area contributed by atoms with Crippen molar-refractivity contribution in [2.45, 2.75) is 33.2 Å². The Bertz CT molecular complexity index is 538. The number of carbonyl (C=O) groups is 2. The molecule has 0 aliphatic rings. The molecule has 1 unspecified atom stereocenters. The Morgan fingerprint density at radius 3 is 2.62 bits per heavy atom. The van der Waals surface area contributed by atoms with Gasteiger partial charge in [0.1, 0.15) is 5.69 Å². The molecule has 21 heavy (non-hydrogen) atoms. The summed E-state index contributed by atoms with van der Waals surface area (Å²) in [4.78, 5) is 32.9. The number of nitrogens with zero attached hydrogens (tertiary/aromatic N) is 2. The third-order valence-corrected chi connectivity index (χ3v) is 3.26. The van der Waals surface area contributed by atoms with E-state index < -0.39 is 16.8 Å². The Morgan fingerprint density at radius 1 is 1.48 bits per heavy atom. The molecule has 1 aromatic heterocycles. The minimum absolute atomic E-state index is 0.0221. The fourth-order valence-electron chi connectivity index (χ4n) is 1.98. The van der Waals surface area contributed by atoms with Gasteiger partial charge in [-0.1, -0.05) is 13.3 Å². The highest BCUT2D eigenvalue weighted by Gasteiger charge is 2.19. The van der Waals surface area contributed by atoms with Crippen LogP contribution >= 0.6 is 0 Å². The van der Waals surface area contributed by atoms with Crippen LogP contribution < -0.4 is 5.32 Å². The third-order valence-electron chi connectivity index (χ3n) is 3.26. The quantitative estimate of drug-likeness (QED) is 0.559. The summed E-state index contributed by atoms with van der Waals surface area (Å²) in [5, 5.41) is 22.1. The Labute approximate surface area is 121 Å². The Hall–Kier alpha value is -2.38. The van der Waals surface area contributed by atoms with Crippen LogP contribution in [0.5, 0.6) is 0 Å². The zero-order chi connectivity index (χ0) is 16.0. The molecule has 0 radical (unpaired) electrons. The number of rotatable bonds is 8. The second-order valence-corrected chi connectivity index (χ2v) is 4.71. The van der Waals surface area contributed by atoms with Gasteiger partial charge in [-0.15, -0.1) is 0 Å². The molecule has 1 heterocycles. The van der Waals surface area contributed by atoms with Gasteiger partial charge in [0.2, 0.25) is 0 Å². The van der Waals surface area contributed by atoms with E-state index in [0.717, 1.165) is 0 Å². The first-order valence-electron chi connectivity index (χ1n) is 6.73. The van der Waals surface area contributed by atoms with Crippen molar-refractivity contribution in [3.05, 3.63) is 28.1 Å². The van der Waals surface area contributed by atoms with E-state index >= 15 is 0 Å². The van der Waals surface area contributed by atoms with Crippen molar-refractivity contribution in [2.75, 3.05) is 6.54 Å². The van der Waals surface area contributed by atoms with Crippen LogP contribution in [0.2, 0.25) is 0 Å². The van der Waals surface area contributed by atoms with Crippen molar-refractivity contribution in [3.8, 4) is 0 Å². The molecule has 0 fully saturated rings. The highest BCUT2D eigenvalue weighted by molar-refractivity contribution is 5.93. The van der Waals surface area contributed by atoms with Crippen LogP contribution in [0.25, 0.3) is 0 Å². The van der Waals surface area contributed by atoms with Crippen molar-refractivity contribution in [3.63, 3.8) is 0 Å². The van der Waals surface area contributed by atoms with E-state index in [0.29, 0.717) is 13.0 Å². The number of carboxylic acid groups (broad SMARTS) is 1. The van der Waals surface area contributed by atoms with E-state index in [1.165, 1.54) is 16.8 Å². The molecule has 8 heteroatoms. The van der Waals surface area contributed by atoms with Crippen LogP contribution in [0.3, 0.4) is 0 Å². The maximum atomic E-state index is 12.1. The van der Waals surface area contributed by atoms with Gasteiger partial charge in [-0.25, -0.2) is 0 Å². The number of amides is 1. The SMILES string of the molecule is CCC(CNC(=O)c1cc([N+](=O)[O-])cn1CC)CC(=O)O. The molecule has 1 atom stereocenters. The van der Waals surface area contributed by atoms with Gasteiger partial charge >= 0.3 is 5.97 Å².